The number of aliphatic hydroxyl groups is 1. The van der Waals surface area contributed by atoms with Gasteiger partial charge in [-0.1, -0.05) is 31.2 Å². The Hall–Kier alpha value is -2.01. The molecule has 7 atom stereocenters. The van der Waals surface area contributed by atoms with Gasteiger partial charge < -0.3 is 14.7 Å². The Bertz CT molecular complexity index is 1230. The summed E-state index contributed by atoms with van der Waals surface area (Å²) in [6.07, 6.45) is 13.9. The van der Waals surface area contributed by atoms with Crippen LogP contribution in [-0.4, -0.2) is 52.4 Å². The number of nitrogens with zero attached hydrogens (tertiary/aromatic N) is 2. The molecule has 0 amide bonds. The molecule has 178 valence electrons. The van der Waals surface area contributed by atoms with Crippen molar-refractivity contribution in [2.75, 3.05) is 14.1 Å². The van der Waals surface area contributed by atoms with Gasteiger partial charge in [0.15, 0.2) is 0 Å². The number of ether oxygens (including phenoxy) is 1. The summed E-state index contributed by atoms with van der Waals surface area (Å²) in [5.41, 5.74) is 5.22. The molecular formula is C30H36N2O2. The number of hydrogen-bond acceptors (Lipinski definition) is 4. The number of aromatic nitrogens is 1. The van der Waals surface area contributed by atoms with Gasteiger partial charge in [-0.3, -0.25) is 4.98 Å². The highest BCUT2D eigenvalue weighted by Gasteiger charge is 2.67. The third kappa shape index (κ3) is 2.68. The molecule has 3 fully saturated rings. The van der Waals surface area contributed by atoms with Crippen LogP contribution in [0.25, 0.3) is 10.9 Å². The number of rotatable bonds is 2. The lowest BCUT2D eigenvalue weighted by atomic mass is 9.56. The van der Waals surface area contributed by atoms with Crippen LogP contribution >= 0.6 is 0 Å². The summed E-state index contributed by atoms with van der Waals surface area (Å²) < 4.78 is 7.36. The average Bonchev–Trinajstić information content (AvgIpc) is 3.34. The first-order valence-electron chi connectivity index (χ1n) is 13.2. The smallest absolute Gasteiger partial charge is 0.0958 e. The van der Waals surface area contributed by atoms with Crippen LogP contribution in [0.2, 0.25) is 0 Å². The fourth-order valence-corrected chi connectivity index (χ4v) is 8.77. The van der Waals surface area contributed by atoms with E-state index in [-0.39, 0.29) is 22.7 Å². The fraction of sp³-hybridized carbons (Fsp3) is 0.567. The number of pyridine rings is 1. The molecule has 1 N–H and O–H groups in total. The van der Waals surface area contributed by atoms with E-state index in [1.807, 2.05) is 12.3 Å². The van der Waals surface area contributed by atoms with Crippen LogP contribution < -0.4 is 0 Å². The van der Waals surface area contributed by atoms with E-state index in [0.29, 0.717) is 11.8 Å². The number of likely N-dealkylation sites (N-methyl/N-ethyl adjacent to an activating group) is 1. The zero-order valence-corrected chi connectivity index (χ0v) is 20.6. The standard InChI is InChI=1S/C30H36N2O2/c1-28-11-10-21-16-22-17-26(33)25(32(2)3)18-29(22)12-13-30(21,34-29)27(28)9-8-23(28)20-7-6-19-5-4-14-31-24(19)15-20/h4-7,14-17,23,25-27,33H,8-13,18H2,1-3H3/t23-,25+,26+,27-,28-,29-,30-/m1/s1. The van der Waals surface area contributed by atoms with Crippen LogP contribution in [-0.2, 0) is 4.74 Å². The molecule has 3 aliphatic carbocycles. The van der Waals surface area contributed by atoms with E-state index < -0.39 is 6.10 Å². The molecule has 0 unspecified atom stereocenters. The van der Waals surface area contributed by atoms with Gasteiger partial charge in [-0.15, -0.1) is 0 Å². The van der Waals surface area contributed by atoms with E-state index in [2.05, 4.69) is 67.3 Å². The zero-order valence-electron chi connectivity index (χ0n) is 20.6. The Morgan fingerprint density at radius 2 is 2.00 bits per heavy atom. The van der Waals surface area contributed by atoms with Gasteiger partial charge in [-0.05, 0) is 111 Å². The van der Waals surface area contributed by atoms with Crippen molar-refractivity contribution in [3.8, 4) is 0 Å². The largest absolute Gasteiger partial charge is 0.387 e. The maximum Gasteiger partial charge on any atom is 0.0958 e. The molecule has 2 aliphatic heterocycles. The Morgan fingerprint density at radius 3 is 2.85 bits per heavy atom. The van der Waals surface area contributed by atoms with Crippen LogP contribution in [0.5, 0.6) is 0 Å². The molecule has 3 heterocycles. The molecule has 7 rings (SSSR count). The highest BCUT2D eigenvalue weighted by molar-refractivity contribution is 5.79. The molecule has 1 saturated heterocycles. The van der Waals surface area contributed by atoms with Gasteiger partial charge in [0.1, 0.15) is 0 Å². The monoisotopic (exact) mass is 456 g/mol. The predicted octanol–water partition coefficient (Wildman–Crippen LogP) is 5.38. The Labute approximate surface area is 202 Å². The Morgan fingerprint density at radius 1 is 1.12 bits per heavy atom. The summed E-state index contributed by atoms with van der Waals surface area (Å²) in [5.74, 6) is 1.11. The minimum Gasteiger partial charge on any atom is -0.387 e. The minimum absolute atomic E-state index is 0.116. The van der Waals surface area contributed by atoms with Crippen molar-refractivity contribution in [1.29, 1.82) is 0 Å². The van der Waals surface area contributed by atoms with Gasteiger partial charge in [0.2, 0.25) is 0 Å². The number of fused-ring (bicyclic) bond motifs is 2. The van der Waals surface area contributed by atoms with E-state index in [9.17, 15) is 5.11 Å². The van der Waals surface area contributed by atoms with Gasteiger partial charge >= 0.3 is 0 Å². The van der Waals surface area contributed by atoms with E-state index >= 15 is 0 Å². The normalized spacial score (nSPS) is 42.7. The second-order valence-corrected chi connectivity index (χ2v) is 12.1. The Balaban J connectivity index is 1.28. The maximum atomic E-state index is 10.8. The second kappa shape index (κ2) is 7.02. The van der Waals surface area contributed by atoms with E-state index in [1.165, 1.54) is 41.4 Å². The topological polar surface area (TPSA) is 45.6 Å². The molecule has 2 saturated carbocycles. The third-order valence-corrected chi connectivity index (χ3v) is 10.5. The molecular weight excluding hydrogens is 420 g/mol. The van der Waals surface area contributed by atoms with E-state index in [4.69, 9.17) is 4.74 Å². The van der Waals surface area contributed by atoms with Crippen molar-refractivity contribution in [3.63, 3.8) is 0 Å². The molecule has 34 heavy (non-hydrogen) atoms. The van der Waals surface area contributed by atoms with Crippen LogP contribution in [0, 0.1) is 11.3 Å². The van der Waals surface area contributed by atoms with Gasteiger partial charge in [0, 0.05) is 17.6 Å². The van der Waals surface area contributed by atoms with Gasteiger partial charge in [-0.2, -0.15) is 0 Å². The molecule has 2 aromatic rings. The van der Waals surface area contributed by atoms with Gasteiger partial charge in [0.25, 0.3) is 0 Å². The SMILES string of the molecule is CN(C)[C@H]1C[C@@]23CC[C@@]4(O2)C(=CC3=C[C@@H]1O)CC[C@]1(C)[C@@H](c2ccc3cccnc3c2)CC[C@H]14. The van der Waals surface area contributed by atoms with Crippen molar-refractivity contribution < 1.29 is 9.84 Å². The first-order chi connectivity index (χ1) is 16.3. The summed E-state index contributed by atoms with van der Waals surface area (Å²) in [6.45, 7) is 2.55. The zero-order chi connectivity index (χ0) is 23.3. The minimum atomic E-state index is -0.421. The second-order valence-electron chi connectivity index (χ2n) is 12.1. The average molecular weight is 457 g/mol. The summed E-state index contributed by atoms with van der Waals surface area (Å²) in [4.78, 5) is 6.82. The molecule has 1 aromatic heterocycles. The van der Waals surface area contributed by atoms with Crippen molar-refractivity contribution in [3.05, 3.63) is 65.4 Å². The van der Waals surface area contributed by atoms with Crippen LogP contribution in [0.1, 0.15) is 63.4 Å². The third-order valence-electron chi connectivity index (χ3n) is 10.5. The lowest BCUT2D eigenvalue weighted by Gasteiger charge is -2.56. The number of hydrogen-bond donors (Lipinski definition) is 1. The molecule has 4 nitrogen and oxygen atoms in total. The number of benzene rings is 1. The van der Waals surface area contributed by atoms with Crippen molar-refractivity contribution >= 4 is 10.9 Å². The lowest BCUT2D eigenvalue weighted by molar-refractivity contribution is -0.148. The van der Waals surface area contributed by atoms with Gasteiger partial charge in [0.05, 0.1) is 22.8 Å². The Kier molecular flexibility index (Phi) is 4.40. The van der Waals surface area contributed by atoms with E-state index in [1.54, 1.807) is 0 Å². The molecule has 5 aliphatic rings. The molecule has 2 spiro atoms. The summed E-state index contributed by atoms with van der Waals surface area (Å²) in [6, 6.07) is 11.3. The highest BCUT2D eigenvalue weighted by atomic mass is 16.5. The summed E-state index contributed by atoms with van der Waals surface area (Å²) >= 11 is 0. The maximum absolute atomic E-state index is 10.8. The van der Waals surface area contributed by atoms with Crippen molar-refractivity contribution in [2.45, 2.75) is 81.1 Å². The number of aliphatic hydroxyl groups excluding tert-OH is 1. The van der Waals surface area contributed by atoms with Crippen molar-refractivity contribution in [1.82, 2.24) is 9.88 Å². The molecule has 4 heteroatoms. The molecule has 0 radical (unpaired) electrons. The van der Waals surface area contributed by atoms with Crippen LogP contribution in [0.15, 0.2) is 59.8 Å². The van der Waals surface area contributed by atoms with Crippen LogP contribution in [0.4, 0.5) is 0 Å². The molecule has 2 bridgehead atoms. The first kappa shape index (κ1) is 21.3. The molecule has 1 aromatic carbocycles. The van der Waals surface area contributed by atoms with Crippen molar-refractivity contribution in [2.24, 2.45) is 11.3 Å². The first-order valence-corrected chi connectivity index (χ1v) is 13.2. The summed E-state index contributed by atoms with van der Waals surface area (Å²) in [5, 5.41) is 12.0. The van der Waals surface area contributed by atoms with Gasteiger partial charge in [-0.25, -0.2) is 0 Å². The summed E-state index contributed by atoms with van der Waals surface area (Å²) in [7, 11) is 4.16. The lowest BCUT2D eigenvalue weighted by Crippen LogP contribution is -2.57. The fourth-order valence-electron chi connectivity index (χ4n) is 8.77. The van der Waals surface area contributed by atoms with Crippen LogP contribution in [0.3, 0.4) is 0 Å². The van der Waals surface area contributed by atoms with E-state index in [0.717, 1.165) is 31.2 Å². The predicted molar refractivity (Wildman–Crippen MR) is 135 cm³/mol. The quantitative estimate of drug-likeness (QED) is 0.659. The highest BCUT2D eigenvalue weighted by Crippen LogP contribution is 2.70.